The molecule has 1 aliphatic heterocycles. The van der Waals surface area contributed by atoms with Gasteiger partial charge in [-0.2, -0.15) is 0 Å². The Morgan fingerprint density at radius 2 is 1.68 bits per heavy atom. The Bertz CT molecular complexity index is 1020. The normalized spacial score (nSPS) is 15.0. The third kappa shape index (κ3) is 5.52. The molecule has 0 N–H and O–H groups in total. The van der Waals surface area contributed by atoms with E-state index in [1.807, 2.05) is 35.2 Å². The Balaban J connectivity index is 1.50. The smallest absolute Gasteiger partial charge is 0.254 e. The number of halogens is 2. The first kappa shape index (κ1) is 21.5. The average Bonchev–Trinajstić information content (AvgIpc) is 2.79. The van der Waals surface area contributed by atoms with E-state index in [1.54, 1.807) is 12.1 Å². The molecule has 0 saturated carbocycles. The molecule has 3 nitrogen and oxygen atoms in total. The van der Waals surface area contributed by atoms with E-state index in [1.165, 1.54) is 17.7 Å². The highest BCUT2D eigenvalue weighted by molar-refractivity contribution is 6.31. The van der Waals surface area contributed by atoms with Gasteiger partial charge in [0.05, 0.1) is 0 Å². The van der Waals surface area contributed by atoms with E-state index < -0.39 is 5.82 Å². The van der Waals surface area contributed by atoms with E-state index in [4.69, 9.17) is 11.6 Å². The Labute approximate surface area is 188 Å². The lowest BCUT2D eigenvalue weighted by Gasteiger charge is -2.39. The fourth-order valence-electron chi connectivity index (χ4n) is 4.19. The molecule has 1 fully saturated rings. The number of amides is 1. The van der Waals surface area contributed by atoms with Crippen molar-refractivity contribution in [2.24, 2.45) is 0 Å². The lowest BCUT2D eigenvalue weighted by atomic mass is 10.00. The minimum absolute atomic E-state index is 0.0825. The second-order valence-electron chi connectivity index (χ2n) is 8.03. The van der Waals surface area contributed by atoms with Gasteiger partial charge in [-0.05, 0) is 48.2 Å². The molecule has 31 heavy (non-hydrogen) atoms. The van der Waals surface area contributed by atoms with Gasteiger partial charge in [0.25, 0.3) is 5.91 Å². The Kier molecular flexibility index (Phi) is 7.00. The molecule has 0 atom stereocenters. The molecule has 0 unspecified atom stereocenters. The van der Waals surface area contributed by atoms with Crippen molar-refractivity contribution >= 4 is 17.5 Å². The fourth-order valence-corrected chi connectivity index (χ4v) is 4.39. The predicted octanol–water partition coefficient (Wildman–Crippen LogP) is 5.79. The summed E-state index contributed by atoms with van der Waals surface area (Å²) in [5, 5.41) is 0.640. The summed E-state index contributed by atoms with van der Waals surface area (Å²) in [6.07, 6.45) is 1.75. The Morgan fingerprint density at radius 1 is 0.968 bits per heavy atom. The van der Waals surface area contributed by atoms with Crippen molar-refractivity contribution in [1.29, 1.82) is 0 Å². The molecular weight excluding hydrogens is 411 g/mol. The summed E-state index contributed by atoms with van der Waals surface area (Å²) in [5.41, 5.74) is 2.57. The number of likely N-dealkylation sites (tertiary alicyclic amines) is 1. The summed E-state index contributed by atoms with van der Waals surface area (Å²) in [6, 6.07) is 24.0. The SMILES string of the molecule is O=C(c1cccc(F)c1)N(Cc1ccccc1Cl)C1CCN(Cc2ccccc2)CC1. The fraction of sp³-hybridized carbons (Fsp3) is 0.269. The van der Waals surface area contributed by atoms with Gasteiger partial charge in [-0.1, -0.05) is 66.2 Å². The zero-order valence-electron chi connectivity index (χ0n) is 17.4. The van der Waals surface area contributed by atoms with Gasteiger partial charge >= 0.3 is 0 Å². The molecule has 0 spiro atoms. The first-order valence-corrected chi connectivity index (χ1v) is 11.0. The maximum Gasteiger partial charge on any atom is 0.254 e. The topological polar surface area (TPSA) is 23.6 Å². The third-order valence-corrected chi connectivity index (χ3v) is 6.25. The van der Waals surface area contributed by atoms with Crippen LogP contribution in [0.2, 0.25) is 5.02 Å². The van der Waals surface area contributed by atoms with E-state index in [0.717, 1.165) is 38.0 Å². The zero-order valence-corrected chi connectivity index (χ0v) is 18.1. The molecule has 160 valence electrons. The molecule has 4 rings (SSSR count). The molecule has 1 saturated heterocycles. The van der Waals surface area contributed by atoms with Crippen molar-refractivity contribution in [2.45, 2.75) is 32.0 Å². The van der Waals surface area contributed by atoms with E-state index in [2.05, 4.69) is 29.2 Å². The molecular formula is C26H26ClFN2O. The molecule has 0 aromatic heterocycles. The minimum atomic E-state index is -0.402. The molecule has 3 aromatic rings. The highest BCUT2D eigenvalue weighted by Crippen LogP contribution is 2.25. The lowest BCUT2D eigenvalue weighted by Crippen LogP contribution is -2.47. The van der Waals surface area contributed by atoms with Gasteiger partial charge in [-0.25, -0.2) is 4.39 Å². The number of benzene rings is 3. The zero-order chi connectivity index (χ0) is 21.6. The van der Waals surface area contributed by atoms with Gasteiger partial charge in [0.15, 0.2) is 0 Å². The molecule has 1 heterocycles. The largest absolute Gasteiger partial charge is 0.331 e. The van der Waals surface area contributed by atoms with Crippen LogP contribution in [-0.4, -0.2) is 34.8 Å². The van der Waals surface area contributed by atoms with E-state index >= 15 is 0 Å². The Hall–Kier alpha value is -2.69. The summed E-state index contributed by atoms with van der Waals surface area (Å²) < 4.78 is 13.8. The van der Waals surface area contributed by atoms with Crippen molar-refractivity contribution in [3.8, 4) is 0 Å². The van der Waals surface area contributed by atoms with Crippen LogP contribution in [0, 0.1) is 5.82 Å². The van der Waals surface area contributed by atoms with Gasteiger partial charge in [0.1, 0.15) is 5.82 Å². The van der Waals surface area contributed by atoms with Gasteiger partial charge < -0.3 is 4.90 Å². The van der Waals surface area contributed by atoms with E-state index in [-0.39, 0.29) is 11.9 Å². The van der Waals surface area contributed by atoms with Crippen LogP contribution in [0.5, 0.6) is 0 Å². The number of carbonyl (C=O) groups is 1. The highest BCUT2D eigenvalue weighted by Gasteiger charge is 2.29. The van der Waals surface area contributed by atoms with Crippen LogP contribution >= 0.6 is 11.6 Å². The quantitative estimate of drug-likeness (QED) is 0.488. The second kappa shape index (κ2) is 10.1. The Morgan fingerprint density at radius 3 is 2.39 bits per heavy atom. The molecule has 1 aliphatic rings. The maximum atomic E-state index is 13.8. The maximum absolute atomic E-state index is 13.8. The van der Waals surface area contributed by atoms with Crippen LogP contribution in [0.25, 0.3) is 0 Å². The first-order chi connectivity index (χ1) is 15.1. The summed E-state index contributed by atoms with van der Waals surface area (Å²) in [7, 11) is 0. The van der Waals surface area contributed by atoms with Crippen LogP contribution in [0.15, 0.2) is 78.9 Å². The number of hydrogen-bond acceptors (Lipinski definition) is 2. The van der Waals surface area contributed by atoms with Gasteiger partial charge in [-0.3, -0.25) is 9.69 Å². The molecule has 0 aliphatic carbocycles. The van der Waals surface area contributed by atoms with Crippen LogP contribution in [0.1, 0.15) is 34.3 Å². The number of hydrogen-bond donors (Lipinski definition) is 0. The molecule has 0 bridgehead atoms. The molecule has 1 amide bonds. The second-order valence-corrected chi connectivity index (χ2v) is 8.43. The van der Waals surface area contributed by atoms with Crippen molar-refractivity contribution in [1.82, 2.24) is 9.80 Å². The third-order valence-electron chi connectivity index (χ3n) is 5.88. The van der Waals surface area contributed by atoms with Gasteiger partial charge in [0, 0.05) is 42.8 Å². The standard InChI is InChI=1S/C26H26ClFN2O/c27-25-12-5-4-9-22(25)19-30(26(31)21-10-6-11-23(28)17-21)24-13-15-29(16-14-24)18-20-7-2-1-3-8-20/h1-12,17,24H,13-16,18-19H2. The van der Waals surface area contributed by atoms with Crippen molar-refractivity contribution in [3.05, 3.63) is 106 Å². The molecule has 0 radical (unpaired) electrons. The summed E-state index contributed by atoms with van der Waals surface area (Å²) in [5.74, 6) is -0.554. The van der Waals surface area contributed by atoms with Crippen LogP contribution < -0.4 is 0 Å². The first-order valence-electron chi connectivity index (χ1n) is 10.7. The number of rotatable bonds is 6. The number of carbonyl (C=O) groups excluding carboxylic acids is 1. The lowest BCUT2D eigenvalue weighted by molar-refractivity contribution is 0.0542. The average molecular weight is 437 g/mol. The van der Waals surface area contributed by atoms with Crippen molar-refractivity contribution < 1.29 is 9.18 Å². The van der Waals surface area contributed by atoms with Crippen LogP contribution in [0.4, 0.5) is 4.39 Å². The molecule has 5 heteroatoms. The summed E-state index contributed by atoms with van der Waals surface area (Å²) in [6.45, 7) is 3.15. The van der Waals surface area contributed by atoms with Gasteiger partial charge in [-0.15, -0.1) is 0 Å². The van der Waals surface area contributed by atoms with Crippen LogP contribution in [-0.2, 0) is 13.1 Å². The molecule has 3 aromatic carbocycles. The van der Waals surface area contributed by atoms with Crippen molar-refractivity contribution in [2.75, 3.05) is 13.1 Å². The predicted molar refractivity (Wildman–Crippen MR) is 122 cm³/mol. The van der Waals surface area contributed by atoms with Crippen molar-refractivity contribution in [3.63, 3.8) is 0 Å². The number of piperidine rings is 1. The van der Waals surface area contributed by atoms with E-state index in [9.17, 15) is 9.18 Å². The minimum Gasteiger partial charge on any atom is -0.331 e. The van der Waals surface area contributed by atoms with Crippen LogP contribution in [0.3, 0.4) is 0 Å². The summed E-state index contributed by atoms with van der Waals surface area (Å²) in [4.78, 5) is 17.7. The van der Waals surface area contributed by atoms with Gasteiger partial charge in [0.2, 0.25) is 0 Å². The number of nitrogens with zero attached hydrogens (tertiary/aromatic N) is 2. The summed E-state index contributed by atoms with van der Waals surface area (Å²) >= 11 is 6.39. The highest BCUT2D eigenvalue weighted by atomic mass is 35.5. The van der Waals surface area contributed by atoms with E-state index in [0.29, 0.717) is 17.1 Å². The monoisotopic (exact) mass is 436 g/mol.